The Morgan fingerprint density at radius 1 is 1.21 bits per heavy atom. The van der Waals surface area contributed by atoms with Crippen LogP contribution in [0.1, 0.15) is 13.3 Å². The highest BCUT2D eigenvalue weighted by atomic mass is 16.7. The Morgan fingerprint density at radius 2 is 1.79 bits per heavy atom. The van der Waals surface area contributed by atoms with Crippen molar-refractivity contribution in [2.75, 3.05) is 6.61 Å². The van der Waals surface area contributed by atoms with Crippen molar-refractivity contribution in [3.8, 4) is 0 Å². The molecule has 1 heterocycles. The second kappa shape index (κ2) is 4.09. The molecule has 84 valence electrons. The smallest absolute Gasteiger partial charge is 0.194 e. The topological polar surface area (TPSA) is 110 Å². The molecule has 0 amide bonds. The molecule has 5 unspecified atom stereocenters. The number of aliphatic hydroxyl groups excluding tert-OH is 4. The minimum atomic E-state index is -1.91. The molecule has 5 atom stereocenters. The van der Waals surface area contributed by atoms with E-state index in [1.54, 1.807) is 6.92 Å². The molecule has 0 spiro atoms. The minimum Gasteiger partial charge on any atom is -0.394 e. The van der Waals surface area contributed by atoms with Gasteiger partial charge in [0.2, 0.25) is 0 Å². The molecular formula is C8H16O6. The summed E-state index contributed by atoms with van der Waals surface area (Å²) in [5.74, 6) is -1.91. The molecule has 0 aromatic carbocycles. The van der Waals surface area contributed by atoms with E-state index in [1.807, 2.05) is 0 Å². The van der Waals surface area contributed by atoms with Crippen molar-refractivity contribution < 1.29 is 30.3 Å². The Kier molecular flexibility index (Phi) is 3.46. The van der Waals surface area contributed by atoms with Crippen molar-refractivity contribution in [1.29, 1.82) is 0 Å². The van der Waals surface area contributed by atoms with E-state index in [4.69, 9.17) is 9.84 Å². The molecule has 1 saturated heterocycles. The zero-order valence-corrected chi connectivity index (χ0v) is 7.87. The molecule has 0 radical (unpaired) electrons. The molecular weight excluding hydrogens is 192 g/mol. The van der Waals surface area contributed by atoms with Gasteiger partial charge in [-0.3, -0.25) is 0 Å². The lowest BCUT2D eigenvalue weighted by molar-refractivity contribution is -0.349. The Hall–Kier alpha value is -0.240. The number of hydrogen-bond acceptors (Lipinski definition) is 6. The lowest BCUT2D eigenvalue weighted by Gasteiger charge is -2.45. The molecule has 0 bridgehead atoms. The van der Waals surface area contributed by atoms with Gasteiger partial charge in [-0.15, -0.1) is 0 Å². The standard InChI is InChI=1S/C8H16O6/c1-2-8(13)7(12)6(11)5(10)4(3-9)14-8/h4-7,9-13H,2-3H2,1H3. The zero-order chi connectivity index (χ0) is 10.9. The first-order chi connectivity index (χ1) is 6.46. The van der Waals surface area contributed by atoms with Crippen molar-refractivity contribution in [2.45, 2.75) is 43.5 Å². The Labute approximate surface area is 81.4 Å². The summed E-state index contributed by atoms with van der Waals surface area (Å²) in [6, 6.07) is 0. The second-order valence-corrected chi connectivity index (χ2v) is 3.46. The normalized spacial score (nSPS) is 49.3. The van der Waals surface area contributed by atoms with Crippen LogP contribution in [-0.2, 0) is 4.74 Å². The monoisotopic (exact) mass is 208 g/mol. The van der Waals surface area contributed by atoms with Gasteiger partial charge in [0, 0.05) is 6.42 Å². The summed E-state index contributed by atoms with van der Waals surface area (Å²) in [7, 11) is 0. The Morgan fingerprint density at radius 3 is 2.21 bits per heavy atom. The third-order valence-corrected chi connectivity index (χ3v) is 2.56. The van der Waals surface area contributed by atoms with Gasteiger partial charge in [-0.1, -0.05) is 6.92 Å². The first-order valence-electron chi connectivity index (χ1n) is 4.51. The van der Waals surface area contributed by atoms with Gasteiger partial charge in [0.25, 0.3) is 0 Å². The maximum atomic E-state index is 9.68. The van der Waals surface area contributed by atoms with Crippen molar-refractivity contribution in [3.63, 3.8) is 0 Å². The van der Waals surface area contributed by atoms with Crippen LogP contribution in [0.5, 0.6) is 0 Å². The van der Waals surface area contributed by atoms with Gasteiger partial charge in [0.05, 0.1) is 6.61 Å². The molecule has 14 heavy (non-hydrogen) atoms. The van der Waals surface area contributed by atoms with Gasteiger partial charge in [-0.05, 0) is 0 Å². The summed E-state index contributed by atoms with van der Waals surface area (Å²) in [4.78, 5) is 0. The number of ether oxygens (including phenoxy) is 1. The van der Waals surface area contributed by atoms with Crippen LogP contribution in [0.15, 0.2) is 0 Å². The SMILES string of the molecule is CCC1(O)OC(CO)C(O)C(O)C1O. The molecule has 1 aliphatic rings. The predicted molar refractivity (Wildman–Crippen MR) is 45.2 cm³/mol. The molecule has 0 aromatic rings. The van der Waals surface area contributed by atoms with Gasteiger partial charge in [0.15, 0.2) is 5.79 Å². The van der Waals surface area contributed by atoms with Crippen molar-refractivity contribution in [1.82, 2.24) is 0 Å². The summed E-state index contributed by atoms with van der Waals surface area (Å²) >= 11 is 0. The zero-order valence-electron chi connectivity index (χ0n) is 7.87. The summed E-state index contributed by atoms with van der Waals surface area (Å²) in [6.45, 7) is 1.02. The van der Waals surface area contributed by atoms with E-state index in [0.29, 0.717) is 0 Å². The quantitative estimate of drug-likeness (QED) is 0.345. The molecule has 0 aromatic heterocycles. The van der Waals surface area contributed by atoms with Gasteiger partial charge >= 0.3 is 0 Å². The maximum absolute atomic E-state index is 9.68. The van der Waals surface area contributed by atoms with E-state index in [1.165, 1.54) is 0 Å². The van der Waals surface area contributed by atoms with Gasteiger partial charge in [-0.25, -0.2) is 0 Å². The fraction of sp³-hybridized carbons (Fsp3) is 1.00. The van der Waals surface area contributed by atoms with Crippen LogP contribution >= 0.6 is 0 Å². The summed E-state index contributed by atoms with van der Waals surface area (Å²) < 4.78 is 4.91. The lowest BCUT2D eigenvalue weighted by Crippen LogP contribution is -2.64. The third-order valence-electron chi connectivity index (χ3n) is 2.56. The van der Waals surface area contributed by atoms with Crippen LogP contribution in [0, 0.1) is 0 Å². The van der Waals surface area contributed by atoms with Crippen LogP contribution in [-0.4, -0.2) is 62.3 Å². The summed E-state index contributed by atoms with van der Waals surface area (Å²) in [5, 5.41) is 46.6. The number of aliphatic hydroxyl groups is 5. The molecule has 0 aliphatic carbocycles. The van der Waals surface area contributed by atoms with Crippen LogP contribution in [0.4, 0.5) is 0 Å². The predicted octanol–water partition coefficient (Wildman–Crippen LogP) is -2.44. The highest BCUT2D eigenvalue weighted by Crippen LogP contribution is 2.30. The fourth-order valence-corrected chi connectivity index (χ4v) is 1.51. The van der Waals surface area contributed by atoms with Crippen molar-refractivity contribution in [3.05, 3.63) is 0 Å². The summed E-state index contributed by atoms with van der Waals surface area (Å²) in [6.07, 6.45) is -5.54. The van der Waals surface area contributed by atoms with Crippen LogP contribution in [0.3, 0.4) is 0 Å². The van der Waals surface area contributed by atoms with E-state index in [9.17, 15) is 20.4 Å². The fourth-order valence-electron chi connectivity index (χ4n) is 1.51. The van der Waals surface area contributed by atoms with Crippen molar-refractivity contribution in [2.24, 2.45) is 0 Å². The highest BCUT2D eigenvalue weighted by molar-refractivity contribution is 4.95. The molecule has 6 heteroatoms. The van der Waals surface area contributed by atoms with Crippen LogP contribution in [0.2, 0.25) is 0 Å². The molecule has 1 rings (SSSR count). The van der Waals surface area contributed by atoms with E-state index in [2.05, 4.69) is 0 Å². The average Bonchev–Trinajstić information content (AvgIpc) is 2.20. The first kappa shape index (κ1) is 11.8. The van der Waals surface area contributed by atoms with Crippen molar-refractivity contribution >= 4 is 0 Å². The Balaban J connectivity index is 2.84. The minimum absolute atomic E-state index is 0.0500. The van der Waals surface area contributed by atoms with E-state index in [0.717, 1.165) is 0 Å². The summed E-state index contributed by atoms with van der Waals surface area (Å²) in [5.41, 5.74) is 0. The molecule has 0 saturated carbocycles. The van der Waals surface area contributed by atoms with Gasteiger partial charge < -0.3 is 30.3 Å². The third kappa shape index (κ3) is 1.77. The molecule has 6 nitrogen and oxygen atoms in total. The molecule has 1 aliphatic heterocycles. The molecule has 1 fully saturated rings. The molecule has 5 N–H and O–H groups in total. The highest BCUT2D eigenvalue weighted by Gasteiger charge is 2.51. The van der Waals surface area contributed by atoms with Gasteiger partial charge in [0.1, 0.15) is 24.4 Å². The first-order valence-corrected chi connectivity index (χ1v) is 4.51. The largest absolute Gasteiger partial charge is 0.394 e. The average molecular weight is 208 g/mol. The second-order valence-electron chi connectivity index (χ2n) is 3.46. The van der Waals surface area contributed by atoms with E-state index < -0.39 is 36.8 Å². The van der Waals surface area contributed by atoms with Gasteiger partial charge in [-0.2, -0.15) is 0 Å². The van der Waals surface area contributed by atoms with E-state index in [-0.39, 0.29) is 6.42 Å². The van der Waals surface area contributed by atoms with E-state index >= 15 is 0 Å². The number of hydrogen-bond donors (Lipinski definition) is 5. The van der Waals surface area contributed by atoms with Crippen LogP contribution in [0.25, 0.3) is 0 Å². The lowest BCUT2D eigenvalue weighted by atomic mass is 9.91. The maximum Gasteiger partial charge on any atom is 0.194 e. The van der Waals surface area contributed by atoms with Crippen LogP contribution < -0.4 is 0 Å². The Bertz CT molecular complexity index is 196. The number of rotatable bonds is 2.